The normalized spacial score (nSPS) is 22.1. The Morgan fingerprint density at radius 3 is 2.67 bits per heavy atom. The number of hydrogen-bond acceptors (Lipinski definition) is 4. The van der Waals surface area contributed by atoms with E-state index in [9.17, 15) is 0 Å². The average molecular weight is 343 g/mol. The molecule has 1 aliphatic carbocycles. The van der Waals surface area contributed by atoms with Crippen molar-refractivity contribution in [3.05, 3.63) is 42.0 Å². The van der Waals surface area contributed by atoms with E-state index in [0.717, 1.165) is 37.0 Å². The first-order valence-corrected chi connectivity index (χ1v) is 10.1. The first kappa shape index (κ1) is 16.2. The van der Waals surface area contributed by atoms with E-state index < -0.39 is 0 Å². The summed E-state index contributed by atoms with van der Waals surface area (Å²) in [6, 6.07) is 11.1. The zero-order valence-electron chi connectivity index (χ0n) is 14.1. The van der Waals surface area contributed by atoms with E-state index >= 15 is 0 Å². The van der Waals surface area contributed by atoms with Gasteiger partial charge in [-0.2, -0.15) is 5.10 Å². The van der Waals surface area contributed by atoms with E-state index in [0.29, 0.717) is 12.0 Å². The lowest BCUT2D eigenvalue weighted by Crippen LogP contribution is -2.17. The molecule has 0 bridgehead atoms. The number of thioether (sulfide) groups is 1. The molecule has 2 fully saturated rings. The van der Waals surface area contributed by atoms with Crippen LogP contribution in [0.15, 0.2) is 35.2 Å². The number of benzene rings is 1. The highest BCUT2D eigenvalue weighted by atomic mass is 32.2. The summed E-state index contributed by atoms with van der Waals surface area (Å²) >= 11 is 1.85. The molecule has 1 saturated heterocycles. The Kier molecular flexibility index (Phi) is 5.18. The Morgan fingerprint density at radius 2 is 1.92 bits per heavy atom. The van der Waals surface area contributed by atoms with E-state index in [1.165, 1.54) is 37.0 Å². The lowest BCUT2D eigenvalue weighted by molar-refractivity contribution is 0.193. The molecule has 5 heteroatoms. The molecule has 2 aromatic rings. The highest BCUT2D eigenvalue weighted by Gasteiger charge is 2.26. The smallest absolute Gasteiger partial charge is 0.156 e. The SMILES string of the molecule is c1ccc(SCc2nc(C3CCOC3)nn2C2CCCCC2)cc1. The van der Waals surface area contributed by atoms with Crippen molar-refractivity contribution in [3.63, 3.8) is 0 Å². The van der Waals surface area contributed by atoms with Crippen molar-refractivity contribution in [1.82, 2.24) is 14.8 Å². The van der Waals surface area contributed by atoms with Gasteiger partial charge in [0.2, 0.25) is 0 Å². The molecule has 0 spiro atoms. The highest BCUT2D eigenvalue weighted by molar-refractivity contribution is 7.98. The van der Waals surface area contributed by atoms with Crippen LogP contribution in [0, 0.1) is 0 Å². The minimum Gasteiger partial charge on any atom is -0.381 e. The van der Waals surface area contributed by atoms with Gasteiger partial charge in [-0.3, -0.25) is 0 Å². The van der Waals surface area contributed by atoms with Crippen molar-refractivity contribution in [3.8, 4) is 0 Å². The van der Waals surface area contributed by atoms with Crippen molar-refractivity contribution in [2.24, 2.45) is 0 Å². The van der Waals surface area contributed by atoms with E-state index in [-0.39, 0.29) is 0 Å². The molecule has 1 saturated carbocycles. The van der Waals surface area contributed by atoms with E-state index in [2.05, 4.69) is 35.0 Å². The number of rotatable bonds is 5. The molecule has 1 atom stereocenters. The van der Waals surface area contributed by atoms with Gasteiger partial charge in [-0.15, -0.1) is 11.8 Å². The number of hydrogen-bond donors (Lipinski definition) is 0. The van der Waals surface area contributed by atoms with Crippen LogP contribution in [-0.2, 0) is 10.5 Å². The summed E-state index contributed by atoms with van der Waals surface area (Å²) in [5.41, 5.74) is 0. The Hall–Kier alpha value is -1.33. The van der Waals surface area contributed by atoms with Gasteiger partial charge in [0.05, 0.1) is 18.4 Å². The molecule has 0 N–H and O–H groups in total. The molecule has 1 aromatic carbocycles. The van der Waals surface area contributed by atoms with Gasteiger partial charge in [0, 0.05) is 17.4 Å². The zero-order chi connectivity index (χ0) is 16.2. The van der Waals surface area contributed by atoms with Gasteiger partial charge in [-0.1, -0.05) is 37.5 Å². The summed E-state index contributed by atoms with van der Waals surface area (Å²) in [6.45, 7) is 1.62. The van der Waals surface area contributed by atoms with Gasteiger partial charge in [0.25, 0.3) is 0 Å². The average Bonchev–Trinajstić information content (AvgIpc) is 3.31. The molecule has 2 heterocycles. The maximum Gasteiger partial charge on any atom is 0.156 e. The third-order valence-electron chi connectivity index (χ3n) is 5.04. The number of aromatic nitrogens is 3. The third kappa shape index (κ3) is 3.67. The van der Waals surface area contributed by atoms with Crippen molar-refractivity contribution in [2.45, 2.75) is 61.1 Å². The molecule has 128 valence electrons. The number of ether oxygens (including phenoxy) is 1. The summed E-state index contributed by atoms with van der Waals surface area (Å²) in [5.74, 6) is 3.41. The molecule has 1 aliphatic heterocycles. The first-order chi connectivity index (χ1) is 11.9. The van der Waals surface area contributed by atoms with E-state index in [1.54, 1.807) is 0 Å². The fourth-order valence-electron chi connectivity index (χ4n) is 3.67. The second-order valence-electron chi connectivity index (χ2n) is 6.78. The van der Waals surface area contributed by atoms with Gasteiger partial charge in [-0.25, -0.2) is 9.67 Å². The fraction of sp³-hybridized carbons (Fsp3) is 0.579. The largest absolute Gasteiger partial charge is 0.381 e. The predicted molar refractivity (Wildman–Crippen MR) is 96.3 cm³/mol. The molecule has 2 aliphatic rings. The Balaban J connectivity index is 1.55. The molecular formula is C19H25N3OS. The summed E-state index contributed by atoms with van der Waals surface area (Å²) < 4.78 is 7.79. The van der Waals surface area contributed by atoms with Crippen LogP contribution in [0.4, 0.5) is 0 Å². The molecule has 1 aromatic heterocycles. The van der Waals surface area contributed by atoms with Gasteiger partial charge >= 0.3 is 0 Å². The molecule has 0 amide bonds. The quantitative estimate of drug-likeness (QED) is 0.745. The number of nitrogens with zero attached hydrogens (tertiary/aromatic N) is 3. The van der Waals surface area contributed by atoms with Crippen molar-refractivity contribution in [2.75, 3.05) is 13.2 Å². The molecule has 24 heavy (non-hydrogen) atoms. The third-order valence-corrected chi connectivity index (χ3v) is 6.05. The minimum atomic E-state index is 0.385. The second-order valence-corrected chi connectivity index (χ2v) is 7.83. The molecule has 1 unspecified atom stereocenters. The molecule has 4 rings (SSSR count). The molecule has 4 nitrogen and oxygen atoms in total. The predicted octanol–water partition coefficient (Wildman–Crippen LogP) is 4.58. The summed E-state index contributed by atoms with van der Waals surface area (Å²) in [4.78, 5) is 6.23. The highest BCUT2D eigenvalue weighted by Crippen LogP contribution is 2.32. The maximum atomic E-state index is 5.54. The van der Waals surface area contributed by atoms with Gasteiger partial charge in [0.15, 0.2) is 5.82 Å². The summed E-state index contributed by atoms with van der Waals surface area (Å²) in [7, 11) is 0. The molecular weight excluding hydrogens is 318 g/mol. The zero-order valence-corrected chi connectivity index (χ0v) is 14.9. The van der Waals surface area contributed by atoms with E-state index in [4.69, 9.17) is 14.8 Å². The maximum absolute atomic E-state index is 5.54. The van der Waals surface area contributed by atoms with Crippen LogP contribution in [0.2, 0.25) is 0 Å². The minimum absolute atomic E-state index is 0.385. The van der Waals surface area contributed by atoms with Crippen molar-refractivity contribution in [1.29, 1.82) is 0 Å². The van der Waals surface area contributed by atoms with Crippen LogP contribution >= 0.6 is 11.8 Å². The van der Waals surface area contributed by atoms with Crippen LogP contribution in [-0.4, -0.2) is 28.0 Å². The Labute approximate surface area is 148 Å². The van der Waals surface area contributed by atoms with Crippen molar-refractivity contribution < 1.29 is 4.74 Å². The van der Waals surface area contributed by atoms with Crippen LogP contribution in [0.1, 0.15) is 62.1 Å². The Bertz CT molecular complexity index is 646. The lowest BCUT2D eigenvalue weighted by atomic mass is 9.96. The first-order valence-electron chi connectivity index (χ1n) is 9.11. The topological polar surface area (TPSA) is 39.9 Å². The summed E-state index contributed by atoms with van der Waals surface area (Å²) in [6.07, 6.45) is 7.54. The Morgan fingerprint density at radius 1 is 1.08 bits per heavy atom. The fourth-order valence-corrected chi connectivity index (χ4v) is 4.51. The monoisotopic (exact) mass is 343 g/mol. The van der Waals surface area contributed by atoms with Crippen LogP contribution < -0.4 is 0 Å². The summed E-state index contributed by atoms with van der Waals surface area (Å²) in [5, 5.41) is 4.94. The molecule has 0 radical (unpaired) electrons. The van der Waals surface area contributed by atoms with Crippen LogP contribution in [0.5, 0.6) is 0 Å². The van der Waals surface area contributed by atoms with Gasteiger partial charge in [-0.05, 0) is 31.4 Å². The van der Waals surface area contributed by atoms with Gasteiger partial charge in [0.1, 0.15) is 5.82 Å². The van der Waals surface area contributed by atoms with E-state index in [1.807, 2.05) is 11.8 Å². The van der Waals surface area contributed by atoms with Crippen LogP contribution in [0.25, 0.3) is 0 Å². The van der Waals surface area contributed by atoms with Crippen LogP contribution in [0.3, 0.4) is 0 Å². The van der Waals surface area contributed by atoms with Gasteiger partial charge < -0.3 is 4.74 Å². The standard InChI is InChI=1S/C19H25N3OS/c1-3-7-16(8-4-1)22-18(14-24-17-9-5-2-6-10-17)20-19(21-22)15-11-12-23-13-15/h2,5-6,9-10,15-16H,1,3-4,7-8,11-14H2. The second kappa shape index (κ2) is 7.70. The van der Waals surface area contributed by atoms with Crippen molar-refractivity contribution >= 4 is 11.8 Å². The lowest BCUT2D eigenvalue weighted by Gasteiger charge is -2.23.